The Labute approximate surface area is 116 Å². The Bertz CT molecular complexity index is 454. The Kier molecular flexibility index (Phi) is 3.16. The largest absolute Gasteiger partial charge is 0.479 e. The van der Waals surface area contributed by atoms with Crippen molar-refractivity contribution in [1.82, 2.24) is 10.2 Å². The Morgan fingerprint density at radius 2 is 2.15 bits per heavy atom. The molecule has 0 aromatic rings. The molecule has 1 aliphatic carbocycles. The lowest BCUT2D eigenvalue weighted by atomic mass is 9.98. The summed E-state index contributed by atoms with van der Waals surface area (Å²) in [6.07, 6.45) is 3.03. The minimum Gasteiger partial charge on any atom is -0.479 e. The highest BCUT2D eigenvalue weighted by Crippen LogP contribution is 2.31. The first kappa shape index (κ1) is 13.4. The maximum Gasteiger partial charge on any atom is 0.345 e. The van der Waals surface area contributed by atoms with Gasteiger partial charge >= 0.3 is 5.97 Å². The molecular weight excluding hydrogens is 264 g/mol. The molecule has 2 saturated heterocycles. The fourth-order valence-corrected chi connectivity index (χ4v) is 2.95. The van der Waals surface area contributed by atoms with Gasteiger partial charge < -0.3 is 20.1 Å². The van der Waals surface area contributed by atoms with Gasteiger partial charge in [-0.15, -0.1) is 0 Å². The molecule has 7 nitrogen and oxygen atoms in total. The van der Waals surface area contributed by atoms with Gasteiger partial charge in [0.25, 0.3) is 5.91 Å². The van der Waals surface area contributed by atoms with E-state index in [2.05, 4.69) is 5.32 Å². The third-order valence-corrected chi connectivity index (χ3v) is 4.22. The highest BCUT2D eigenvalue weighted by atomic mass is 16.5. The van der Waals surface area contributed by atoms with Crippen molar-refractivity contribution in [2.75, 3.05) is 13.2 Å². The summed E-state index contributed by atoms with van der Waals surface area (Å²) >= 11 is 0. The Morgan fingerprint density at radius 3 is 2.70 bits per heavy atom. The lowest BCUT2D eigenvalue weighted by Crippen LogP contribution is -2.55. The zero-order valence-electron chi connectivity index (χ0n) is 11.1. The number of likely N-dealkylation sites (tertiary alicyclic amines) is 1. The number of ether oxygens (including phenoxy) is 1. The lowest BCUT2D eigenvalue weighted by molar-refractivity contribution is -0.168. The second kappa shape index (κ2) is 4.73. The number of nitrogens with one attached hydrogen (secondary N) is 1. The van der Waals surface area contributed by atoms with Crippen LogP contribution in [-0.2, 0) is 19.1 Å². The molecule has 2 N–H and O–H groups in total. The number of hydrogen-bond donors (Lipinski definition) is 2. The average Bonchev–Trinajstić information content (AvgIpc) is 2.98. The molecule has 0 aromatic heterocycles. The SMILES string of the molecule is O=C1CC(NC(=O)C2(C(=O)O)CCCO2)CN1C1CC1. The van der Waals surface area contributed by atoms with Gasteiger partial charge in [-0.05, 0) is 25.7 Å². The third kappa shape index (κ3) is 2.15. The van der Waals surface area contributed by atoms with Gasteiger partial charge in [0.1, 0.15) is 0 Å². The van der Waals surface area contributed by atoms with Gasteiger partial charge in [0.2, 0.25) is 11.5 Å². The standard InChI is InChI=1S/C13H18N2O5/c16-10-6-8(7-15(10)9-2-3-9)14-11(17)13(12(18)19)4-1-5-20-13/h8-9H,1-7H2,(H,14,17)(H,18,19). The smallest absolute Gasteiger partial charge is 0.345 e. The molecule has 0 aromatic carbocycles. The minimum absolute atomic E-state index is 0.0366. The Hall–Kier alpha value is -1.63. The van der Waals surface area contributed by atoms with Crippen molar-refractivity contribution >= 4 is 17.8 Å². The number of carboxylic acids is 1. The van der Waals surface area contributed by atoms with E-state index in [1.807, 2.05) is 0 Å². The van der Waals surface area contributed by atoms with E-state index in [4.69, 9.17) is 4.74 Å². The number of hydrogen-bond acceptors (Lipinski definition) is 4. The number of aliphatic carboxylic acids is 1. The van der Waals surface area contributed by atoms with E-state index in [1.54, 1.807) is 4.90 Å². The van der Waals surface area contributed by atoms with Crippen molar-refractivity contribution in [1.29, 1.82) is 0 Å². The van der Waals surface area contributed by atoms with E-state index in [1.165, 1.54) is 0 Å². The van der Waals surface area contributed by atoms with Crippen LogP contribution in [0.25, 0.3) is 0 Å². The molecule has 7 heteroatoms. The molecular formula is C13H18N2O5. The van der Waals surface area contributed by atoms with Crippen LogP contribution in [0.5, 0.6) is 0 Å². The molecule has 2 heterocycles. The fourth-order valence-electron chi connectivity index (χ4n) is 2.95. The molecule has 1 saturated carbocycles. The van der Waals surface area contributed by atoms with Crippen molar-refractivity contribution in [2.45, 2.75) is 49.8 Å². The molecule has 0 radical (unpaired) electrons. The van der Waals surface area contributed by atoms with Gasteiger partial charge in [-0.25, -0.2) is 4.79 Å². The molecule has 0 bridgehead atoms. The number of amides is 2. The van der Waals surface area contributed by atoms with Gasteiger partial charge in [-0.2, -0.15) is 0 Å². The van der Waals surface area contributed by atoms with Crippen molar-refractivity contribution in [3.63, 3.8) is 0 Å². The molecule has 3 fully saturated rings. The van der Waals surface area contributed by atoms with E-state index in [-0.39, 0.29) is 31.4 Å². The van der Waals surface area contributed by atoms with Gasteiger partial charge in [0.15, 0.2) is 0 Å². The fraction of sp³-hybridized carbons (Fsp3) is 0.769. The van der Waals surface area contributed by atoms with Crippen molar-refractivity contribution < 1.29 is 24.2 Å². The summed E-state index contributed by atoms with van der Waals surface area (Å²) in [4.78, 5) is 37.1. The van der Waals surface area contributed by atoms with Crippen molar-refractivity contribution in [3.8, 4) is 0 Å². The van der Waals surface area contributed by atoms with E-state index >= 15 is 0 Å². The van der Waals surface area contributed by atoms with E-state index in [0.717, 1.165) is 12.8 Å². The molecule has 2 unspecified atom stereocenters. The molecule has 3 aliphatic rings. The lowest BCUT2D eigenvalue weighted by Gasteiger charge is -2.24. The van der Waals surface area contributed by atoms with Gasteiger partial charge in [-0.3, -0.25) is 9.59 Å². The van der Waals surface area contributed by atoms with Crippen LogP contribution < -0.4 is 5.32 Å². The summed E-state index contributed by atoms with van der Waals surface area (Å²) in [5, 5.41) is 11.9. The number of carbonyl (C=O) groups excluding carboxylic acids is 2. The zero-order chi connectivity index (χ0) is 14.3. The molecule has 3 rings (SSSR count). The molecule has 20 heavy (non-hydrogen) atoms. The second-order valence-electron chi connectivity index (χ2n) is 5.74. The van der Waals surface area contributed by atoms with Crippen LogP contribution in [0.15, 0.2) is 0 Å². The summed E-state index contributed by atoms with van der Waals surface area (Å²) in [6.45, 7) is 0.752. The van der Waals surface area contributed by atoms with Gasteiger partial charge in [-0.1, -0.05) is 0 Å². The quantitative estimate of drug-likeness (QED) is 0.678. The van der Waals surface area contributed by atoms with E-state index in [9.17, 15) is 19.5 Å². The van der Waals surface area contributed by atoms with Crippen LogP contribution in [0.4, 0.5) is 0 Å². The van der Waals surface area contributed by atoms with Crippen molar-refractivity contribution in [3.05, 3.63) is 0 Å². The van der Waals surface area contributed by atoms with E-state index < -0.39 is 17.5 Å². The van der Waals surface area contributed by atoms with Crippen LogP contribution in [0.3, 0.4) is 0 Å². The van der Waals surface area contributed by atoms with Gasteiger partial charge in [0.05, 0.1) is 6.04 Å². The highest BCUT2D eigenvalue weighted by Gasteiger charge is 2.51. The number of carbonyl (C=O) groups is 3. The first-order valence-corrected chi connectivity index (χ1v) is 7.01. The summed E-state index contributed by atoms with van der Waals surface area (Å²) in [7, 11) is 0. The zero-order valence-corrected chi connectivity index (χ0v) is 11.1. The molecule has 0 spiro atoms. The third-order valence-electron chi connectivity index (χ3n) is 4.22. The van der Waals surface area contributed by atoms with Crippen LogP contribution in [0.2, 0.25) is 0 Å². The van der Waals surface area contributed by atoms with Crippen molar-refractivity contribution in [2.24, 2.45) is 0 Å². The normalized spacial score (nSPS) is 33.5. The minimum atomic E-state index is -1.77. The summed E-state index contributed by atoms with van der Waals surface area (Å²) in [5.41, 5.74) is -1.77. The van der Waals surface area contributed by atoms with Gasteiger partial charge in [0, 0.05) is 25.6 Å². The Balaban J connectivity index is 1.64. The van der Waals surface area contributed by atoms with Crippen LogP contribution >= 0.6 is 0 Å². The average molecular weight is 282 g/mol. The topological polar surface area (TPSA) is 95.9 Å². The van der Waals surface area contributed by atoms with Crippen LogP contribution in [0.1, 0.15) is 32.1 Å². The summed E-state index contributed by atoms with van der Waals surface area (Å²) in [5.74, 6) is -1.84. The first-order chi connectivity index (χ1) is 9.53. The molecule has 2 atom stereocenters. The summed E-state index contributed by atoms with van der Waals surface area (Å²) in [6, 6.07) is 0.0107. The number of carboxylic acid groups (broad SMARTS) is 1. The molecule has 110 valence electrons. The molecule has 2 aliphatic heterocycles. The maximum absolute atomic E-state index is 12.2. The monoisotopic (exact) mass is 282 g/mol. The second-order valence-corrected chi connectivity index (χ2v) is 5.74. The van der Waals surface area contributed by atoms with E-state index in [0.29, 0.717) is 19.0 Å². The summed E-state index contributed by atoms with van der Waals surface area (Å²) < 4.78 is 5.18. The number of rotatable bonds is 4. The number of nitrogens with zero attached hydrogens (tertiary/aromatic N) is 1. The predicted molar refractivity (Wildman–Crippen MR) is 66.8 cm³/mol. The highest BCUT2D eigenvalue weighted by molar-refractivity contribution is 6.06. The Morgan fingerprint density at radius 1 is 1.40 bits per heavy atom. The van der Waals surface area contributed by atoms with Crippen LogP contribution in [-0.4, -0.2) is 58.6 Å². The van der Waals surface area contributed by atoms with Crippen LogP contribution in [0, 0.1) is 0 Å². The maximum atomic E-state index is 12.2. The molecule has 2 amide bonds. The first-order valence-electron chi connectivity index (χ1n) is 7.01. The predicted octanol–water partition coefficient (Wildman–Crippen LogP) is -0.500.